The van der Waals surface area contributed by atoms with Gasteiger partial charge in [-0.15, -0.1) is 0 Å². The molecule has 0 aliphatic rings. The van der Waals surface area contributed by atoms with E-state index in [4.69, 9.17) is 4.74 Å². The molecule has 0 aliphatic carbocycles. The molecule has 1 atom stereocenters. The third-order valence-corrected chi connectivity index (χ3v) is 3.53. The van der Waals surface area contributed by atoms with E-state index in [1.54, 1.807) is 24.1 Å². The van der Waals surface area contributed by atoms with Crippen LogP contribution in [-0.4, -0.2) is 24.7 Å². The number of carbonyl (C=O) groups excluding carboxylic acids is 1. The van der Waals surface area contributed by atoms with Gasteiger partial charge >= 0.3 is 0 Å². The molecule has 1 N–H and O–H groups in total. The minimum atomic E-state index is -0.458. The Labute approximate surface area is 131 Å². The number of anilines is 1. The Hall–Kier alpha value is -2.33. The van der Waals surface area contributed by atoms with Gasteiger partial charge in [0.1, 0.15) is 5.75 Å². The molecule has 0 fully saturated rings. The van der Waals surface area contributed by atoms with Crippen LogP contribution in [0.2, 0.25) is 0 Å². The lowest BCUT2D eigenvalue weighted by molar-refractivity contribution is -0.120. The van der Waals surface area contributed by atoms with Crippen LogP contribution in [0.25, 0.3) is 0 Å². The van der Waals surface area contributed by atoms with Gasteiger partial charge in [0.2, 0.25) is 0 Å². The van der Waals surface area contributed by atoms with E-state index in [-0.39, 0.29) is 12.5 Å². The van der Waals surface area contributed by atoms with Crippen molar-refractivity contribution in [1.29, 1.82) is 0 Å². The van der Waals surface area contributed by atoms with E-state index in [0.717, 1.165) is 11.3 Å². The highest BCUT2D eigenvalue weighted by molar-refractivity contribution is 5.93. The topological polar surface area (TPSA) is 49.8 Å². The quantitative estimate of drug-likeness (QED) is 0.891. The molecule has 22 heavy (non-hydrogen) atoms. The Morgan fingerprint density at radius 2 is 1.77 bits per heavy atom. The van der Waals surface area contributed by atoms with Gasteiger partial charge in [0.15, 0.2) is 6.61 Å². The van der Waals surface area contributed by atoms with Crippen molar-refractivity contribution in [3.8, 4) is 5.75 Å². The maximum atomic E-state index is 12.1. The Bertz CT molecular complexity index is 595. The number of ether oxygens (including phenoxy) is 1. The molecule has 0 heterocycles. The molecule has 0 bridgehead atoms. The summed E-state index contributed by atoms with van der Waals surface area (Å²) in [5.74, 6) is 0.491. The van der Waals surface area contributed by atoms with E-state index in [9.17, 15) is 9.90 Å². The number of rotatable bonds is 6. The lowest BCUT2D eigenvalue weighted by atomic mass is 10.1. The van der Waals surface area contributed by atoms with Crippen LogP contribution in [0.5, 0.6) is 5.75 Å². The number of hydrogen-bond donors (Lipinski definition) is 1. The van der Waals surface area contributed by atoms with Gasteiger partial charge < -0.3 is 14.7 Å². The first-order chi connectivity index (χ1) is 10.6. The number of para-hydroxylation sites is 1. The van der Waals surface area contributed by atoms with Crippen molar-refractivity contribution in [1.82, 2.24) is 0 Å². The Morgan fingerprint density at radius 3 is 2.36 bits per heavy atom. The second kappa shape index (κ2) is 7.61. The van der Waals surface area contributed by atoms with E-state index in [0.29, 0.717) is 12.2 Å². The third kappa shape index (κ3) is 4.09. The summed E-state index contributed by atoms with van der Waals surface area (Å²) < 4.78 is 5.51. The molecule has 1 amide bonds. The molecule has 0 aliphatic heterocycles. The monoisotopic (exact) mass is 299 g/mol. The molecule has 0 saturated heterocycles. The number of aliphatic hydroxyl groups excluding tert-OH is 1. The van der Waals surface area contributed by atoms with Crippen LogP contribution >= 0.6 is 0 Å². The number of amides is 1. The van der Waals surface area contributed by atoms with Crippen LogP contribution in [0.3, 0.4) is 0 Å². The van der Waals surface area contributed by atoms with E-state index >= 15 is 0 Å². The summed E-state index contributed by atoms with van der Waals surface area (Å²) in [6.45, 7) is 1.90. The number of hydrogen-bond acceptors (Lipinski definition) is 3. The predicted octanol–water partition coefficient (Wildman–Crippen LogP) is 3.17. The smallest absolute Gasteiger partial charge is 0.264 e. The van der Waals surface area contributed by atoms with Crippen LogP contribution in [-0.2, 0) is 4.79 Å². The van der Waals surface area contributed by atoms with Crippen molar-refractivity contribution >= 4 is 11.6 Å². The van der Waals surface area contributed by atoms with Crippen LogP contribution in [0, 0.1) is 0 Å². The summed E-state index contributed by atoms with van der Waals surface area (Å²) in [5.41, 5.74) is 1.68. The maximum Gasteiger partial charge on any atom is 0.264 e. The lowest BCUT2D eigenvalue weighted by Crippen LogP contribution is -2.31. The van der Waals surface area contributed by atoms with Crippen LogP contribution in [0.1, 0.15) is 25.0 Å². The van der Waals surface area contributed by atoms with Gasteiger partial charge in [-0.1, -0.05) is 37.3 Å². The number of aliphatic hydroxyl groups is 1. The molecule has 2 rings (SSSR count). The molecule has 0 saturated carbocycles. The normalized spacial score (nSPS) is 11.8. The average Bonchev–Trinajstić information content (AvgIpc) is 2.59. The fourth-order valence-corrected chi connectivity index (χ4v) is 2.06. The second-order valence-electron chi connectivity index (χ2n) is 5.07. The van der Waals surface area contributed by atoms with E-state index < -0.39 is 6.10 Å². The van der Waals surface area contributed by atoms with Crippen LogP contribution in [0.15, 0.2) is 54.6 Å². The van der Waals surface area contributed by atoms with Gasteiger partial charge in [-0.05, 0) is 36.2 Å². The molecule has 0 aromatic heterocycles. The molecule has 116 valence electrons. The Balaban J connectivity index is 1.91. The maximum absolute atomic E-state index is 12.1. The molecule has 2 aromatic carbocycles. The predicted molar refractivity (Wildman–Crippen MR) is 87.0 cm³/mol. The van der Waals surface area contributed by atoms with Crippen LogP contribution in [0.4, 0.5) is 5.69 Å². The fourth-order valence-electron chi connectivity index (χ4n) is 2.06. The molecule has 1 unspecified atom stereocenters. The molecule has 2 aromatic rings. The van der Waals surface area contributed by atoms with E-state index in [1.807, 2.05) is 49.4 Å². The Morgan fingerprint density at radius 1 is 1.14 bits per heavy atom. The second-order valence-corrected chi connectivity index (χ2v) is 5.07. The lowest BCUT2D eigenvalue weighted by Gasteiger charge is -2.17. The van der Waals surface area contributed by atoms with E-state index in [2.05, 4.69) is 0 Å². The first kappa shape index (κ1) is 16.0. The van der Waals surface area contributed by atoms with Gasteiger partial charge in [0, 0.05) is 12.7 Å². The largest absolute Gasteiger partial charge is 0.484 e. The van der Waals surface area contributed by atoms with Crippen molar-refractivity contribution in [3.63, 3.8) is 0 Å². The number of benzene rings is 2. The first-order valence-corrected chi connectivity index (χ1v) is 7.34. The van der Waals surface area contributed by atoms with Gasteiger partial charge in [0.25, 0.3) is 5.91 Å². The minimum absolute atomic E-state index is 0.0267. The zero-order chi connectivity index (χ0) is 15.9. The van der Waals surface area contributed by atoms with Gasteiger partial charge in [-0.2, -0.15) is 0 Å². The van der Waals surface area contributed by atoms with Gasteiger partial charge in [0.05, 0.1) is 6.10 Å². The summed E-state index contributed by atoms with van der Waals surface area (Å²) in [4.78, 5) is 13.7. The van der Waals surface area contributed by atoms with Crippen molar-refractivity contribution in [3.05, 3.63) is 60.2 Å². The van der Waals surface area contributed by atoms with Crippen molar-refractivity contribution in [2.45, 2.75) is 19.4 Å². The summed E-state index contributed by atoms with van der Waals surface area (Å²) >= 11 is 0. The number of likely N-dealkylation sites (N-methyl/N-ethyl adjacent to an activating group) is 1. The van der Waals surface area contributed by atoms with Crippen LogP contribution < -0.4 is 9.64 Å². The summed E-state index contributed by atoms with van der Waals surface area (Å²) in [5, 5.41) is 9.74. The zero-order valence-electron chi connectivity index (χ0n) is 12.9. The highest BCUT2D eigenvalue weighted by Crippen LogP contribution is 2.20. The average molecular weight is 299 g/mol. The molecule has 0 radical (unpaired) electrons. The molecule has 4 heteroatoms. The Kier molecular flexibility index (Phi) is 5.55. The SMILES string of the molecule is CCC(O)c1ccc(OCC(=O)N(C)c2ccccc2)cc1. The minimum Gasteiger partial charge on any atom is -0.484 e. The van der Waals surface area contributed by atoms with Crippen molar-refractivity contribution in [2.75, 3.05) is 18.6 Å². The summed E-state index contributed by atoms with van der Waals surface area (Å²) in [6, 6.07) is 16.6. The van der Waals surface area contributed by atoms with Gasteiger partial charge in [-0.3, -0.25) is 4.79 Å². The summed E-state index contributed by atoms with van der Waals surface area (Å²) in [6.07, 6.45) is 0.209. The van der Waals surface area contributed by atoms with E-state index in [1.165, 1.54) is 0 Å². The molecule has 0 spiro atoms. The highest BCUT2D eigenvalue weighted by atomic mass is 16.5. The molecular weight excluding hydrogens is 278 g/mol. The molecule has 4 nitrogen and oxygen atoms in total. The third-order valence-electron chi connectivity index (χ3n) is 3.53. The highest BCUT2D eigenvalue weighted by Gasteiger charge is 2.11. The zero-order valence-corrected chi connectivity index (χ0v) is 12.9. The molecular formula is C18H21NO3. The van der Waals surface area contributed by atoms with Crippen molar-refractivity contribution < 1.29 is 14.6 Å². The fraction of sp³-hybridized carbons (Fsp3) is 0.278. The number of carbonyl (C=O) groups is 1. The number of nitrogens with zero attached hydrogens (tertiary/aromatic N) is 1. The standard InChI is InChI=1S/C18H21NO3/c1-3-17(20)14-9-11-16(12-10-14)22-13-18(21)19(2)15-7-5-4-6-8-15/h4-12,17,20H,3,13H2,1-2H3. The summed E-state index contributed by atoms with van der Waals surface area (Å²) in [7, 11) is 1.72. The van der Waals surface area contributed by atoms with Gasteiger partial charge in [-0.25, -0.2) is 0 Å². The van der Waals surface area contributed by atoms with Crippen molar-refractivity contribution in [2.24, 2.45) is 0 Å². The first-order valence-electron chi connectivity index (χ1n) is 7.34.